The lowest BCUT2D eigenvalue weighted by atomic mass is 10.3. The van der Waals surface area contributed by atoms with Gasteiger partial charge in [0.25, 0.3) is 0 Å². The number of halogens is 1. The molecule has 4 rings (SSSR count). The Morgan fingerprint density at radius 2 is 1.94 bits per heavy atom. The van der Waals surface area contributed by atoms with E-state index in [1.165, 1.54) is 23.5 Å². The summed E-state index contributed by atoms with van der Waals surface area (Å²) in [6.45, 7) is 6.79. The minimum absolute atomic E-state index is 0.000918. The Morgan fingerprint density at radius 1 is 1.19 bits per heavy atom. The van der Waals surface area contributed by atoms with E-state index in [4.69, 9.17) is 9.47 Å². The minimum atomic E-state index is -3.73. The van der Waals surface area contributed by atoms with Crippen LogP contribution in [0.25, 0.3) is 10.2 Å². The molecule has 2 heterocycles. The van der Waals surface area contributed by atoms with Crippen molar-refractivity contribution in [1.29, 1.82) is 0 Å². The predicted octanol–water partition coefficient (Wildman–Crippen LogP) is 3.75. The number of morpholine rings is 1. The summed E-state index contributed by atoms with van der Waals surface area (Å²) < 4.78 is 50.5. The largest absolute Gasteiger partial charge is 0.494 e. The van der Waals surface area contributed by atoms with Gasteiger partial charge in [-0.15, -0.1) is 0 Å². The predicted molar refractivity (Wildman–Crippen MR) is 138 cm³/mol. The lowest BCUT2D eigenvalue weighted by Gasteiger charge is -2.27. The smallest absolute Gasteiger partial charge is 0.229 e. The molecule has 1 saturated heterocycles. The number of hydrogen-bond acceptors (Lipinski definition) is 8. The maximum atomic E-state index is 13.3. The summed E-state index contributed by atoms with van der Waals surface area (Å²) in [6.07, 6.45) is 0.522. The molecule has 194 valence electrons. The number of rotatable bonds is 11. The maximum absolute atomic E-state index is 13.3. The van der Waals surface area contributed by atoms with E-state index in [-0.39, 0.29) is 23.0 Å². The van der Waals surface area contributed by atoms with Crippen molar-refractivity contribution < 1.29 is 27.1 Å². The number of ether oxygens (including phenoxy) is 2. The van der Waals surface area contributed by atoms with E-state index >= 15 is 0 Å². The first-order chi connectivity index (χ1) is 17.4. The molecule has 1 aromatic heterocycles. The SMILES string of the molecule is CCOc1ccc2nc(N(CCCN3CCOCC3)C(=O)CCS(=O)(=O)c3ccc(F)cc3)sc2c1. The summed E-state index contributed by atoms with van der Waals surface area (Å²) >= 11 is 1.38. The van der Waals surface area contributed by atoms with Crippen LogP contribution in [0.4, 0.5) is 9.52 Å². The molecule has 0 N–H and O–H groups in total. The molecule has 1 amide bonds. The first-order valence-electron chi connectivity index (χ1n) is 12.0. The molecule has 8 nitrogen and oxygen atoms in total. The Labute approximate surface area is 214 Å². The van der Waals surface area contributed by atoms with Gasteiger partial charge in [-0.2, -0.15) is 0 Å². The third-order valence-corrected chi connectivity index (χ3v) is 8.68. The lowest BCUT2D eigenvalue weighted by Crippen LogP contribution is -2.39. The van der Waals surface area contributed by atoms with E-state index in [0.717, 1.165) is 54.2 Å². The van der Waals surface area contributed by atoms with E-state index in [0.29, 0.717) is 31.5 Å². The van der Waals surface area contributed by atoms with Gasteiger partial charge in [-0.25, -0.2) is 17.8 Å². The zero-order valence-electron chi connectivity index (χ0n) is 20.2. The van der Waals surface area contributed by atoms with Gasteiger partial charge in [0, 0.05) is 32.6 Å². The number of sulfone groups is 1. The monoisotopic (exact) mass is 535 g/mol. The zero-order chi connectivity index (χ0) is 25.5. The van der Waals surface area contributed by atoms with Gasteiger partial charge < -0.3 is 9.47 Å². The average molecular weight is 536 g/mol. The summed E-state index contributed by atoms with van der Waals surface area (Å²) in [6, 6.07) is 10.2. The Balaban J connectivity index is 1.50. The van der Waals surface area contributed by atoms with Gasteiger partial charge in [-0.3, -0.25) is 14.6 Å². The van der Waals surface area contributed by atoms with Crippen LogP contribution in [0.5, 0.6) is 5.75 Å². The van der Waals surface area contributed by atoms with E-state index in [2.05, 4.69) is 9.88 Å². The van der Waals surface area contributed by atoms with Crippen LogP contribution in [0.2, 0.25) is 0 Å². The van der Waals surface area contributed by atoms with Crippen LogP contribution in [-0.4, -0.2) is 76.0 Å². The number of thiazole rings is 1. The highest BCUT2D eigenvalue weighted by molar-refractivity contribution is 7.91. The fourth-order valence-corrected chi connectivity index (χ4v) is 6.25. The van der Waals surface area contributed by atoms with Crippen molar-refractivity contribution in [2.24, 2.45) is 0 Å². The summed E-state index contributed by atoms with van der Waals surface area (Å²) in [5.74, 6) is -0.459. The highest BCUT2D eigenvalue weighted by atomic mass is 32.2. The van der Waals surface area contributed by atoms with Crippen LogP contribution in [0.3, 0.4) is 0 Å². The van der Waals surface area contributed by atoms with Crippen LogP contribution in [0.15, 0.2) is 47.4 Å². The molecular weight excluding hydrogens is 505 g/mol. The normalized spacial score (nSPS) is 14.7. The molecule has 0 saturated carbocycles. The molecule has 0 bridgehead atoms. The number of anilines is 1. The second-order valence-corrected chi connectivity index (χ2v) is 11.6. The number of fused-ring (bicyclic) bond motifs is 1. The number of carbonyl (C=O) groups is 1. The molecule has 2 aromatic carbocycles. The molecule has 1 aliphatic heterocycles. The highest BCUT2D eigenvalue weighted by Gasteiger charge is 2.24. The average Bonchev–Trinajstić information content (AvgIpc) is 3.29. The van der Waals surface area contributed by atoms with Crippen LogP contribution >= 0.6 is 11.3 Å². The van der Waals surface area contributed by atoms with Gasteiger partial charge in [0.15, 0.2) is 15.0 Å². The van der Waals surface area contributed by atoms with E-state index in [1.54, 1.807) is 4.90 Å². The second-order valence-electron chi connectivity index (χ2n) is 8.43. The summed E-state index contributed by atoms with van der Waals surface area (Å²) in [5.41, 5.74) is 0.753. The molecule has 0 unspecified atom stereocenters. The van der Waals surface area contributed by atoms with Crippen molar-refractivity contribution in [2.45, 2.75) is 24.7 Å². The minimum Gasteiger partial charge on any atom is -0.494 e. The number of hydrogen-bond donors (Lipinski definition) is 0. The van der Waals surface area contributed by atoms with Crippen molar-refractivity contribution >= 4 is 42.4 Å². The topological polar surface area (TPSA) is 89.0 Å². The molecular formula is C25H30FN3O5S2. The Bertz CT molecular complexity index is 1270. The van der Waals surface area contributed by atoms with Crippen molar-refractivity contribution in [3.63, 3.8) is 0 Å². The molecule has 0 aliphatic carbocycles. The zero-order valence-corrected chi connectivity index (χ0v) is 21.8. The van der Waals surface area contributed by atoms with Gasteiger partial charge in [0.2, 0.25) is 5.91 Å². The lowest BCUT2D eigenvalue weighted by molar-refractivity contribution is -0.118. The first-order valence-corrected chi connectivity index (χ1v) is 14.4. The number of amides is 1. The Hall–Kier alpha value is -2.60. The Kier molecular flexibility index (Phi) is 8.89. The van der Waals surface area contributed by atoms with E-state index < -0.39 is 15.7 Å². The first kappa shape index (κ1) is 26.5. The summed E-state index contributed by atoms with van der Waals surface area (Å²) in [5, 5.41) is 0.532. The molecule has 0 spiro atoms. The number of benzene rings is 2. The molecule has 0 radical (unpaired) electrons. The van der Waals surface area contributed by atoms with Crippen LogP contribution in [0, 0.1) is 5.82 Å². The highest BCUT2D eigenvalue weighted by Crippen LogP contribution is 2.32. The molecule has 0 atom stereocenters. The molecule has 3 aromatic rings. The number of aromatic nitrogens is 1. The van der Waals surface area contributed by atoms with Gasteiger partial charge in [0.05, 0.1) is 40.7 Å². The maximum Gasteiger partial charge on any atom is 0.229 e. The third kappa shape index (κ3) is 6.78. The van der Waals surface area contributed by atoms with Crippen LogP contribution in [0.1, 0.15) is 19.8 Å². The Morgan fingerprint density at radius 3 is 2.67 bits per heavy atom. The van der Waals surface area contributed by atoms with Crippen LogP contribution < -0.4 is 9.64 Å². The molecule has 11 heteroatoms. The van der Waals surface area contributed by atoms with Gasteiger partial charge >= 0.3 is 0 Å². The standard InChI is InChI=1S/C25H30FN3O5S2/c1-2-34-20-6-9-22-23(18-20)35-25(27-22)29(12-3-11-28-13-15-33-16-14-28)24(30)10-17-36(31,32)21-7-4-19(26)5-8-21/h4-9,18H,2-3,10-17H2,1H3. The third-order valence-electron chi connectivity index (χ3n) is 5.91. The van der Waals surface area contributed by atoms with Crippen molar-refractivity contribution in [3.8, 4) is 5.75 Å². The summed E-state index contributed by atoms with van der Waals surface area (Å²) in [4.78, 5) is 21.8. The number of carbonyl (C=O) groups excluding carboxylic acids is 1. The fourth-order valence-electron chi connectivity index (χ4n) is 3.99. The van der Waals surface area contributed by atoms with Gasteiger partial charge in [0.1, 0.15) is 11.6 Å². The number of nitrogens with zero attached hydrogens (tertiary/aromatic N) is 3. The fraction of sp³-hybridized carbons (Fsp3) is 0.440. The summed E-state index contributed by atoms with van der Waals surface area (Å²) in [7, 11) is -3.73. The van der Waals surface area contributed by atoms with E-state index in [1.807, 2.05) is 25.1 Å². The van der Waals surface area contributed by atoms with Crippen molar-refractivity contribution in [3.05, 3.63) is 48.3 Å². The van der Waals surface area contributed by atoms with Crippen LogP contribution in [-0.2, 0) is 19.4 Å². The quantitative estimate of drug-likeness (QED) is 0.346. The van der Waals surface area contributed by atoms with Crippen molar-refractivity contribution in [1.82, 2.24) is 9.88 Å². The molecule has 1 aliphatic rings. The van der Waals surface area contributed by atoms with Gasteiger partial charge in [-0.05, 0) is 55.8 Å². The van der Waals surface area contributed by atoms with Crippen molar-refractivity contribution in [2.75, 3.05) is 56.7 Å². The van der Waals surface area contributed by atoms with E-state index in [9.17, 15) is 17.6 Å². The van der Waals surface area contributed by atoms with Gasteiger partial charge in [-0.1, -0.05) is 11.3 Å². The molecule has 36 heavy (non-hydrogen) atoms. The second kappa shape index (κ2) is 12.1. The molecule has 1 fully saturated rings.